The van der Waals surface area contributed by atoms with Crippen LogP contribution in [0.1, 0.15) is 25.3 Å². The van der Waals surface area contributed by atoms with Gasteiger partial charge in [0.2, 0.25) is 11.8 Å². The van der Waals surface area contributed by atoms with E-state index in [0.717, 1.165) is 15.5 Å². The molecule has 2 aliphatic heterocycles. The number of amides is 3. The third-order valence-electron chi connectivity index (χ3n) is 4.39. The van der Waals surface area contributed by atoms with Crippen LogP contribution in [0.4, 0.5) is 5.69 Å². The Balaban J connectivity index is 2.01. The van der Waals surface area contributed by atoms with Crippen LogP contribution in [0.2, 0.25) is 0 Å². The summed E-state index contributed by atoms with van der Waals surface area (Å²) in [6, 6.07) is 6.90. The summed E-state index contributed by atoms with van der Waals surface area (Å²) in [4.78, 5) is 50.5. The Morgan fingerprint density at radius 3 is 2.36 bits per heavy atom. The fourth-order valence-corrected chi connectivity index (χ4v) is 3.19. The van der Waals surface area contributed by atoms with E-state index in [1.165, 1.54) is 14.0 Å². The van der Waals surface area contributed by atoms with Crippen LogP contribution in [0.3, 0.4) is 0 Å². The van der Waals surface area contributed by atoms with Gasteiger partial charge in [-0.05, 0) is 19.1 Å². The molecule has 130 valence electrons. The predicted octanol–water partition coefficient (Wildman–Crippen LogP) is 0.778. The number of benzene rings is 1. The maximum Gasteiger partial charge on any atom is 0.354 e. The van der Waals surface area contributed by atoms with Gasteiger partial charge in [0, 0.05) is 13.3 Å². The highest BCUT2D eigenvalue weighted by atomic mass is 16.5. The molecule has 2 aliphatic rings. The fourth-order valence-electron chi connectivity index (χ4n) is 3.19. The molecule has 0 radical (unpaired) electrons. The molecule has 0 bridgehead atoms. The summed E-state index contributed by atoms with van der Waals surface area (Å²) in [5, 5.41) is 4.89. The van der Waals surface area contributed by atoms with Gasteiger partial charge in [0.05, 0.1) is 19.2 Å². The van der Waals surface area contributed by atoms with Gasteiger partial charge in [0.25, 0.3) is 5.91 Å². The molecule has 1 spiro atoms. The van der Waals surface area contributed by atoms with Gasteiger partial charge in [-0.2, -0.15) is 5.10 Å². The van der Waals surface area contributed by atoms with Crippen molar-refractivity contribution in [2.75, 3.05) is 12.0 Å². The van der Waals surface area contributed by atoms with E-state index >= 15 is 0 Å². The van der Waals surface area contributed by atoms with Gasteiger partial charge in [0.15, 0.2) is 5.54 Å². The van der Waals surface area contributed by atoms with E-state index < -0.39 is 29.2 Å². The number of esters is 1. The average molecular weight is 343 g/mol. The topological polar surface area (TPSA) is 96.3 Å². The minimum atomic E-state index is -1.50. The average Bonchev–Trinajstić information content (AvgIpc) is 3.07. The lowest BCUT2D eigenvalue weighted by Crippen LogP contribution is -2.51. The van der Waals surface area contributed by atoms with Crippen molar-refractivity contribution in [3.05, 3.63) is 29.8 Å². The number of hydrazone groups is 1. The van der Waals surface area contributed by atoms with E-state index in [0.29, 0.717) is 5.69 Å². The molecule has 1 atom stereocenters. The molecule has 1 fully saturated rings. The molecular weight excluding hydrogens is 326 g/mol. The first-order chi connectivity index (χ1) is 11.8. The number of nitrogens with zero attached hydrogens (tertiary/aromatic N) is 3. The molecule has 2 heterocycles. The Bertz CT molecular complexity index is 814. The highest BCUT2D eigenvalue weighted by Crippen LogP contribution is 2.40. The molecule has 25 heavy (non-hydrogen) atoms. The maximum absolute atomic E-state index is 13.1. The van der Waals surface area contributed by atoms with Crippen LogP contribution in [0.15, 0.2) is 29.4 Å². The second-order valence-electron chi connectivity index (χ2n) is 6.12. The molecule has 0 saturated carbocycles. The quantitative estimate of drug-likeness (QED) is 0.584. The van der Waals surface area contributed by atoms with Crippen molar-refractivity contribution in [3.8, 4) is 0 Å². The highest BCUT2D eigenvalue weighted by Gasteiger charge is 2.61. The summed E-state index contributed by atoms with van der Waals surface area (Å²) in [5.74, 6) is -2.26. The third kappa shape index (κ3) is 2.50. The Kier molecular flexibility index (Phi) is 3.90. The first kappa shape index (κ1) is 16.8. The van der Waals surface area contributed by atoms with E-state index in [2.05, 4.69) is 9.84 Å². The SMILES string of the molecule is COC(=O)C1=NN(C(C)=O)[C@]2(CC(=O)N(c3ccc(C)cc3)C2=O)C1. The van der Waals surface area contributed by atoms with Crippen LogP contribution < -0.4 is 4.90 Å². The zero-order valence-corrected chi connectivity index (χ0v) is 14.1. The first-order valence-electron chi connectivity index (χ1n) is 7.71. The van der Waals surface area contributed by atoms with E-state index in [4.69, 9.17) is 0 Å². The van der Waals surface area contributed by atoms with Crippen molar-refractivity contribution in [1.82, 2.24) is 5.01 Å². The summed E-state index contributed by atoms with van der Waals surface area (Å²) in [5.41, 5.74) is -0.144. The molecule has 1 saturated heterocycles. The number of rotatable bonds is 2. The summed E-state index contributed by atoms with van der Waals surface area (Å²) >= 11 is 0. The minimum absolute atomic E-state index is 0.0513. The van der Waals surface area contributed by atoms with Crippen LogP contribution in [-0.4, -0.2) is 47.1 Å². The summed E-state index contributed by atoms with van der Waals surface area (Å²) in [7, 11) is 1.19. The molecule has 3 amide bonds. The number of methoxy groups -OCH3 is 1. The Morgan fingerprint density at radius 2 is 1.80 bits per heavy atom. The van der Waals surface area contributed by atoms with Crippen molar-refractivity contribution in [1.29, 1.82) is 0 Å². The zero-order valence-electron chi connectivity index (χ0n) is 14.1. The number of imide groups is 1. The van der Waals surface area contributed by atoms with Crippen molar-refractivity contribution >= 4 is 35.1 Å². The normalized spacial score (nSPS) is 22.6. The van der Waals surface area contributed by atoms with E-state index in [1.807, 2.05) is 6.92 Å². The Morgan fingerprint density at radius 1 is 1.16 bits per heavy atom. The predicted molar refractivity (Wildman–Crippen MR) is 87.6 cm³/mol. The molecule has 8 nitrogen and oxygen atoms in total. The summed E-state index contributed by atoms with van der Waals surface area (Å²) in [6.45, 7) is 3.13. The lowest BCUT2D eigenvalue weighted by Gasteiger charge is -2.28. The summed E-state index contributed by atoms with van der Waals surface area (Å²) < 4.78 is 4.63. The minimum Gasteiger partial charge on any atom is -0.464 e. The number of hydrogen-bond donors (Lipinski definition) is 0. The van der Waals surface area contributed by atoms with Crippen molar-refractivity contribution in [2.45, 2.75) is 32.2 Å². The van der Waals surface area contributed by atoms with Crippen LogP contribution in [0.5, 0.6) is 0 Å². The fraction of sp³-hybridized carbons (Fsp3) is 0.353. The van der Waals surface area contributed by atoms with E-state index in [9.17, 15) is 19.2 Å². The number of anilines is 1. The number of carbonyl (C=O) groups is 4. The standard InChI is InChI=1S/C17H17N3O5/c1-10-4-6-12(7-5-10)19-14(22)9-17(16(19)24)8-13(15(23)25-3)18-20(17)11(2)21/h4-7H,8-9H2,1-3H3/t17-/m0/s1. The third-order valence-corrected chi connectivity index (χ3v) is 4.39. The van der Waals surface area contributed by atoms with Gasteiger partial charge in [0.1, 0.15) is 5.71 Å². The highest BCUT2D eigenvalue weighted by molar-refractivity contribution is 6.39. The Labute approximate surface area is 144 Å². The lowest BCUT2D eigenvalue weighted by atomic mass is 9.91. The lowest BCUT2D eigenvalue weighted by molar-refractivity contribution is -0.141. The molecule has 0 N–H and O–H groups in total. The molecule has 1 aromatic carbocycles. The smallest absolute Gasteiger partial charge is 0.354 e. The van der Waals surface area contributed by atoms with Crippen LogP contribution in [0, 0.1) is 6.92 Å². The van der Waals surface area contributed by atoms with E-state index in [1.54, 1.807) is 24.3 Å². The summed E-state index contributed by atoms with van der Waals surface area (Å²) in [6.07, 6.45) is -0.379. The molecule has 0 aromatic heterocycles. The van der Waals surface area contributed by atoms with Crippen LogP contribution >= 0.6 is 0 Å². The van der Waals surface area contributed by atoms with Crippen molar-refractivity contribution < 1.29 is 23.9 Å². The van der Waals surface area contributed by atoms with Gasteiger partial charge in [-0.1, -0.05) is 17.7 Å². The molecule has 3 rings (SSSR count). The monoisotopic (exact) mass is 343 g/mol. The van der Waals surface area contributed by atoms with Crippen LogP contribution in [0.25, 0.3) is 0 Å². The molecule has 8 heteroatoms. The second-order valence-corrected chi connectivity index (χ2v) is 6.12. The molecule has 0 aliphatic carbocycles. The largest absolute Gasteiger partial charge is 0.464 e. The number of ether oxygens (including phenoxy) is 1. The second kappa shape index (κ2) is 5.80. The van der Waals surface area contributed by atoms with Crippen molar-refractivity contribution in [3.63, 3.8) is 0 Å². The Hall–Kier alpha value is -3.03. The molecule has 0 unspecified atom stereocenters. The van der Waals surface area contributed by atoms with Gasteiger partial charge in [-0.15, -0.1) is 0 Å². The first-order valence-corrected chi connectivity index (χ1v) is 7.71. The van der Waals surface area contributed by atoms with Gasteiger partial charge < -0.3 is 4.74 Å². The van der Waals surface area contributed by atoms with Crippen molar-refractivity contribution in [2.24, 2.45) is 5.10 Å². The zero-order chi connectivity index (χ0) is 18.4. The van der Waals surface area contributed by atoms with Gasteiger partial charge in [-0.3, -0.25) is 14.4 Å². The van der Waals surface area contributed by atoms with Crippen LogP contribution in [-0.2, 0) is 23.9 Å². The maximum atomic E-state index is 13.1. The molecule has 1 aromatic rings. The number of aryl methyl sites for hydroxylation is 1. The van der Waals surface area contributed by atoms with Gasteiger partial charge >= 0.3 is 5.97 Å². The molecular formula is C17H17N3O5. The number of carbonyl (C=O) groups excluding carboxylic acids is 4. The van der Waals surface area contributed by atoms with Gasteiger partial charge in [-0.25, -0.2) is 14.7 Å². The number of hydrogen-bond acceptors (Lipinski definition) is 6. The van der Waals surface area contributed by atoms with E-state index in [-0.39, 0.29) is 18.6 Å².